The van der Waals surface area contributed by atoms with E-state index in [4.69, 9.17) is 16.7 Å². The van der Waals surface area contributed by atoms with Crippen molar-refractivity contribution >= 4 is 17.4 Å². The van der Waals surface area contributed by atoms with E-state index in [1.54, 1.807) is 0 Å². The lowest BCUT2D eigenvalue weighted by Crippen LogP contribution is -2.25. The largest absolute Gasteiger partial charge is 0.396 e. The zero-order chi connectivity index (χ0) is 14.6. The third-order valence-corrected chi connectivity index (χ3v) is 3.51. The molecule has 1 heterocycles. The minimum atomic E-state index is 0.0105. The molecule has 0 saturated carbocycles. The van der Waals surface area contributed by atoms with Crippen LogP contribution in [0.2, 0.25) is 5.15 Å². The average molecular weight is 286 g/mol. The Morgan fingerprint density at radius 1 is 1.32 bits per heavy atom. The molecule has 0 aromatic carbocycles. The molecule has 19 heavy (non-hydrogen) atoms. The summed E-state index contributed by atoms with van der Waals surface area (Å²) >= 11 is 6.14. The van der Waals surface area contributed by atoms with Crippen LogP contribution in [-0.4, -0.2) is 28.2 Å². The molecule has 0 aliphatic rings. The molecule has 4 nitrogen and oxygen atoms in total. The van der Waals surface area contributed by atoms with Gasteiger partial charge in [0, 0.05) is 24.6 Å². The van der Waals surface area contributed by atoms with E-state index in [1.165, 1.54) is 0 Å². The Bertz CT molecular complexity index is 433. The lowest BCUT2D eigenvalue weighted by molar-refractivity contribution is 0.220. The number of nitrogens with one attached hydrogen (secondary N) is 1. The van der Waals surface area contributed by atoms with E-state index in [9.17, 15) is 0 Å². The zero-order valence-electron chi connectivity index (χ0n) is 12.4. The van der Waals surface area contributed by atoms with Crippen LogP contribution in [0.15, 0.2) is 0 Å². The number of hydrogen-bond donors (Lipinski definition) is 2. The Balaban J connectivity index is 2.88. The summed E-state index contributed by atoms with van der Waals surface area (Å²) in [7, 11) is 0. The minimum absolute atomic E-state index is 0.0105. The van der Waals surface area contributed by atoms with E-state index < -0.39 is 0 Å². The molecular weight excluding hydrogens is 262 g/mol. The maximum absolute atomic E-state index is 9.04. The third kappa shape index (κ3) is 4.62. The highest BCUT2D eigenvalue weighted by atomic mass is 35.5. The van der Waals surface area contributed by atoms with E-state index in [0.29, 0.717) is 5.15 Å². The van der Waals surface area contributed by atoms with Crippen LogP contribution in [-0.2, 0) is 0 Å². The van der Waals surface area contributed by atoms with Crippen LogP contribution < -0.4 is 5.32 Å². The topological polar surface area (TPSA) is 58.0 Å². The van der Waals surface area contributed by atoms with E-state index >= 15 is 0 Å². The maximum Gasteiger partial charge on any atom is 0.137 e. The summed E-state index contributed by atoms with van der Waals surface area (Å²) in [6.45, 7) is 11.1. The van der Waals surface area contributed by atoms with Crippen molar-refractivity contribution in [1.29, 1.82) is 0 Å². The van der Waals surface area contributed by atoms with Crippen molar-refractivity contribution in [3.63, 3.8) is 0 Å². The lowest BCUT2D eigenvalue weighted by atomic mass is 9.90. The molecule has 0 fully saturated rings. The summed E-state index contributed by atoms with van der Waals surface area (Å²) in [5, 5.41) is 12.9. The quantitative estimate of drug-likeness (QED) is 0.787. The highest BCUT2D eigenvalue weighted by Crippen LogP contribution is 2.25. The molecular formula is C14H24ClN3O. The van der Waals surface area contributed by atoms with E-state index in [-0.39, 0.29) is 17.9 Å². The van der Waals surface area contributed by atoms with Gasteiger partial charge in [-0.3, -0.25) is 0 Å². The number of halogens is 1. The molecule has 0 saturated heterocycles. The van der Waals surface area contributed by atoms with Gasteiger partial charge in [-0.25, -0.2) is 9.97 Å². The van der Waals surface area contributed by atoms with Crippen molar-refractivity contribution in [1.82, 2.24) is 9.97 Å². The van der Waals surface area contributed by atoms with Crippen LogP contribution in [0.4, 0.5) is 5.82 Å². The van der Waals surface area contributed by atoms with Crippen LogP contribution in [0.3, 0.4) is 0 Å². The van der Waals surface area contributed by atoms with Gasteiger partial charge in [0.2, 0.25) is 0 Å². The smallest absolute Gasteiger partial charge is 0.137 e. The lowest BCUT2D eigenvalue weighted by Gasteiger charge is -2.25. The summed E-state index contributed by atoms with van der Waals surface area (Å²) in [6, 6.07) is 0. The van der Waals surface area contributed by atoms with Gasteiger partial charge in [0.05, 0.1) is 0 Å². The Kier molecular flexibility index (Phi) is 5.56. The molecule has 108 valence electrons. The molecule has 0 spiro atoms. The average Bonchev–Trinajstić information content (AvgIpc) is 2.30. The summed E-state index contributed by atoms with van der Waals surface area (Å²) in [4.78, 5) is 8.81. The summed E-state index contributed by atoms with van der Waals surface area (Å²) in [5.74, 6) is 1.77. The van der Waals surface area contributed by atoms with Gasteiger partial charge >= 0.3 is 0 Å². The number of rotatable bonds is 6. The molecule has 0 atom stereocenters. The maximum atomic E-state index is 9.04. The Labute approximate surface area is 120 Å². The Hall–Kier alpha value is -0.870. The highest BCUT2D eigenvalue weighted by Gasteiger charge is 2.19. The first-order valence-electron chi connectivity index (χ1n) is 6.65. The van der Waals surface area contributed by atoms with E-state index in [0.717, 1.165) is 30.2 Å². The fourth-order valence-electron chi connectivity index (χ4n) is 1.65. The molecule has 0 bridgehead atoms. The van der Waals surface area contributed by atoms with Crippen LogP contribution in [0.25, 0.3) is 0 Å². The van der Waals surface area contributed by atoms with Crippen LogP contribution in [0.1, 0.15) is 51.4 Å². The standard InChI is InChI=1S/C14H24ClN3O/c1-9(2)12-17-11(15)10(3)13(18-12)16-8-14(4,5)6-7-19/h9,19H,6-8H2,1-5H3,(H,16,17,18). The Morgan fingerprint density at radius 3 is 2.47 bits per heavy atom. The van der Waals surface area contributed by atoms with Crippen LogP contribution in [0.5, 0.6) is 0 Å². The number of aromatic nitrogens is 2. The molecule has 0 aliphatic heterocycles. The van der Waals surface area contributed by atoms with Gasteiger partial charge in [0.25, 0.3) is 0 Å². The molecule has 0 unspecified atom stereocenters. The predicted octanol–water partition coefficient (Wildman–Crippen LogP) is 3.38. The highest BCUT2D eigenvalue weighted by molar-refractivity contribution is 6.30. The first kappa shape index (κ1) is 16.2. The van der Waals surface area contributed by atoms with Crippen molar-refractivity contribution in [3.8, 4) is 0 Å². The number of anilines is 1. The molecule has 0 radical (unpaired) electrons. The van der Waals surface area contributed by atoms with Crippen LogP contribution >= 0.6 is 11.6 Å². The predicted molar refractivity (Wildman–Crippen MR) is 79.8 cm³/mol. The third-order valence-electron chi connectivity index (χ3n) is 3.14. The zero-order valence-corrected chi connectivity index (χ0v) is 13.2. The summed E-state index contributed by atoms with van der Waals surface area (Å²) in [5.41, 5.74) is 0.877. The molecule has 2 N–H and O–H groups in total. The van der Waals surface area contributed by atoms with Gasteiger partial charge in [-0.1, -0.05) is 39.3 Å². The second-order valence-electron chi connectivity index (χ2n) is 5.99. The van der Waals surface area contributed by atoms with Crippen LogP contribution in [0, 0.1) is 12.3 Å². The van der Waals surface area contributed by atoms with Gasteiger partial charge in [-0.15, -0.1) is 0 Å². The van der Waals surface area contributed by atoms with Gasteiger partial charge in [-0.05, 0) is 18.8 Å². The minimum Gasteiger partial charge on any atom is -0.396 e. The number of nitrogens with zero attached hydrogens (tertiary/aromatic N) is 2. The van der Waals surface area contributed by atoms with Crippen molar-refractivity contribution in [2.45, 2.75) is 47.0 Å². The molecule has 0 amide bonds. The molecule has 1 aromatic rings. The second-order valence-corrected chi connectivity index (χ2v) is 6.35. The van der Waals surface area contributed by atoms with Crippen molar-refractivity contribution in [2.24, 2.45) is 5.41 Å². The van der Waals surface area contributed by atoms with Gasteiger partial charge < -0.3 is 10.4 Å². The monoisotopic (exact) mass is 285 g/mol. The first-order chi connectivity index (χ1) is 8.76. The summed E-state index contributed by atoms with van der Waals surface area (Å²) in [6.07, 6.45) is 0.745. The number of aliphatic hydroxyl groups excluding tert-OH is 1. The Morgan fingerprint density at radius 2 is 1.95 bits per heavy atom. The molecule has 5 heteroatoms. The summed E-state index contributed by atoms with van der Waals surface area (Å²) < 4.78 is 0. The molecule has 1 rings (SSSR count). The van der Waals surface area contributed by atoms with E-state index in [2.05, 4.69) is 29.1 Å². The van der Waals surface area contributed by atoms with Gasteiger partial charge in [-0.2, -0.15) is 0 Å². The van der Waals surface area contributed by atoms with Crippen molar-refractivity contribution in [3.05, 3.63) is 16.5 Å². The van der Waals surface area contributed by atoms with Gasteiger partial charge in [0.15, 0.2) is 0 Å². The molecule has 1 aromatic heterocycles. The van der Waals surface area contributed by atoms with Crippen molar-refractivity contribution in [2.75, 3.05) is 18.5 Å². The fourth-order valence-corrected chi connectivity index (χ4v) is 1.83. The van der Waals surface area contributed by atoms with Crippen molar-refractivity contribution < 1.29 is 5.11 Å². The number of aliphatic hydroxyl groups is 1. The normalized spacial score (nSPS) is 12.0. The SMILES string of the molecule is Cc1c(Cl)nc(C(C)C)nc1NCC(C)(C)CCO. The molecule has 0 aliphatic carbocycles. The van der Waals surface area contributed by atoms with E-state index in [1.807, 2.05) is 20.8 Å². The first-order valence-corrected chi connectivity index (χ1v) is 7.03. The number of hydrogen-bond acceptors (Lipinski definition) is 4. The van der Waals surface area contributed by atoms with Gasteiger partial charge in [0.1, 0.15) is 16.8 Å². The fraction of sp³-hybridized carbons (Fsp3) is 0.714. The second kappa shape index (κ2) is 6.53.